The van der Waals surface area contributed by atoms with Gasteiger partial charge < -0.3 is 10.5 Å². The van der Waals surface area contributed by atoms with Gasteiger partial charge >= 0.3 is 5.97 Å². The topological polar surface area (TPSA) is 52.3 Å². The summed E-state index contributed by atoms with van der Waals surface area (Å²) in [7, 11) is 0. The molecular weight excluding hydrogens is 178 g/mol. The summed E-state index contributed by atoms with van der Waals surface area (Å²) in [6, 6.07) is 5.82. The van der Waals surface area contributed by atoms with E-state index in [9.17, 15) is 4.79 Å². The molecule has 0 unspecified atom stereocenters. The SMILES string of the molecule is CCc1cccc(C)c1OC(=O)CN. The maximum atomic E-state index is 11.1. The Morgan fingerprint density at radius 3 is 2.79 bits per heavy atom. The van der Waals surface area contributed by atoms with Crippen molar-refractivity contribution in [2.75, 3.05) is 6.54 Å². The van der Waals surface area contributed by atoms with E-state index in [1.807, 2.05) is 32.0 Å². The van der Waals surface area contributed by atoms with Crippen LogP contribution in [0.25, 0.3) is 0 Å². The molecule has 0 saturated heterocycles. The van der Waals surface area contributed by atoms with Crippen molar-refractivity contribution in [2.24, 2.45) is 5.73 Å². The highest BCUT2D eigenvalue weighted by molar-refractivity contribution is 5.75. The molecule has 0 aliphatic heterocycles. The van der Waals surface area contributed by atoms with Crippen molar-refractivity contribution >= 4 is 5.97 Å². The van der Waals surface area contributed by atoms with Gasteiger partial charge in [-0.15, -0.1) is 0 Å². The lowest BCUT2D eigenvalue weighted by Crippen LogP contribution is -2.20. The molecule has 0 atom stereocenters. The van der Waals surface area contributed by atoms with E-state index >= 15 is 0 Å². The van der Waals surface area contributed by atoms with E-state index in [1.165, 1.54) is 0 Å². The van der Waals surface area contributed by atoms with Crippen LogP contribution in [0.15, 0.2) is 18.2 Å². The number of hydrogen-bond acceptors (Lipinski definition) is 3. The first-order valence-corrected chi connectivity index (χ1v) is 4.68. The van der Waals surface area contributed by atoms with Crippen LogP contribution >= 0.6 is 0 Å². The minimum absolute atomic E-state index is 0.0858. The van der Waals surface area contributed by atoms with E-state index in [0.717, 1.165) is 17.5 Å². The lowest BCUT2D eigenvalue weighted by molar-refractivity contribution is -0.132. The minimum atomic E-state index is -0.394. The molecule has 14 heavy (non-hydrogen) atoms. The molecule has 1 aromatic carbocycles. The number of benzene rings is 1. The number of carbonyl (C=O) groups excluding carboxylic acids is 1. The van der Waals surface area contributed by atoms with Gasteiger partial charge in [0.1, 0.15) is 5.75 Å². The maximum Gasteiger partial charge on any atom is 0.325 e. The molecule has 0 bridgehead atoms. The van der Waals surface area contributed by atoms with Crippen LogP contribution in [-0.4, -0.2) is 12.5 Å². The summed E-state index contributed by atoms with van der Waals surface area (Å²) in [6.07, 6.45) is 0.842. The van der Waals surface area contributed by atoms with Gasteiger partial charge in [0.05, 0.1) is 6.54 Å². The van der Waals surface area contributed by atoms with Crippen LogP contribution in [0.2, 0.25) is 0 Å². The normalized spacial score (nSPS) is 9.93. The summed E-state index contributed by atoms with van der Waals surface area (Å²) >= 11 is 0. The van der Waals surface area contributed by atoms with Crippen LogP contribution in [0, 0.1) is 6.92 Å². The van der Waals surface area contributed by atoms with Crippen LogP contribution in [-0.2, 0) is 11.2 Å². The number of aryl methyl sites for hydroxylation is 2. The van der Waals surface area contributed by atoms with E-state index in [0.29, 0.717) is 5.75 Å². The van der Waals surface area contributed by atoms with Crippen molar-refractivity contribution < 1.29 is 9.53 Å². The van der Waals surface area contributed by atoms with Crippen molar-refractivity contribution in [1.82, 2.24) is 0 Å². The second-order valence-electron chi connectivity index (χ2n) is 3.09. The van der Waals surface area contributed by atoms with Crippen molar-refractivity contribution in [1.29, 1.82) is 0 Å². The quantitative estimate of drug-likeness (QED) is 0.583. The highest BCUT2D eigenvalue weighted by Crippen LogP contribution is 2.23. The van der Waals surface area contributed by atoms with Gasteiger partial charge in [-0.1, -0.05) is 25.1 Å². The summed E-state index contributed by atoms with van der Waals surface area (Å²) in [6.45, 7) is 3.85. The smallest absolute Gasteiger partial charge is 0.325 e. The Morgan fingerprint density at radius 1 is 1.50 bits per heavy atom. The summed E-state index contributed by atoms with van der Waals surface area (Å²) in [5.41, 5.74) is 7.19. The average molecular weight is 193 g/mol. The standard InChI is InChI=1S/C11H15NO2/c1-3-9-6-4-5-8(2)11(9)14-10(13)7-12/h4-6H,3,7,12H2,1-2H3. The van der Waals surface area contributed by atoms with E-state index < -0.39 is 5.97 Å². The first-order valence-electron chi connectivity index (χ1n) is 4.68. The number of ether oxygens (including phenoxy) is 1. The number of para-hydroxylation sites is 1. The third kappa shape index (κ3) is 2.33. The van der Waals surface area contributed by atoms with Gasteiger partial charge in [0.2, 0.25) is 0 Å². The molecule has 0 amide bonds. The zero-order valence-corrected chi connectivity index (χ0v) is 8.54. The van der Waals surface area contributed by atoms with Gasteiger partial charge in [-0.2, -0.15) is 0 Å². The number of hydrogen-bond donors (Lipinski definition) is 1. The molecule has 0 heterocycles. The van der Waals surface area contributed by atoms with E-state index in [-0.39, 0.29) is 6.54 Å². The third-order valence-corrected chi connectivity index (χ3v) is 2.06. The van der Waals surface area contributed by atoms with Crippen molar-refractivity contribution in [2.45, 2.75) is 20.3 Å². The Labute approximate surface area is 83.9 Å². The molecule has 0 aromatic heterocycles. The van der Waals surface area contributed by atoms with Gasteiger partial charge in [0, 0.05) is 0 Å². The average Bonchev–Trinajstić information content (AvgIpc) is 2.20. The fourth-order valence-corrected chi connectivity index (χ4v) is 1.29. The molecule has 0 fully saturated rings. The largest absolute Gasteiger partial charge is 0.425 e. The molecule has 3 nitrogen and oxygen atoms in total. The van der Waals surface area contributed by atoms with Crippen LogP contribution < -0.4 is 10.5 Å². The van der Waals surface area contributed by atoms with Crippen LogP contribution in [0.1, 0.15) is 18.1 Å². The highest BCUT2D eigenvalue weighted by atomic mass is 16.5. The van der Waals surface area contributed by atoms with Gasteiger partial charge in [0.25, 0.3) is 0 Å². The first kappa shape index (κ1) is 10.7. The number of rotatable bonds is 3. The van der Waals surface area contributed by atoms with Gasteiger partial charge in [-0.25, -0.2) is 0 Å². The predicted molar refractivity (Wildman–Crippen MR) is 55.2 cm³/mol. The van der Waals surface area contributed by atoms with Crippen molar-refractivity contribution in [3.63, 3.8) is 0 Å². The fraction of sp³-hybridized carbons (Fsp3) is 0.364. The lowest BCUT2D eigenvalue weighted by atomic mass is 10.1. The third-order valence-electron chi connectivity index (χ3n) is 2.06. The van der Waals surface area contributed by atoms with Crippen LogP contribution in [0.3, 0.4) is 0 Å². The Morgan fingerprint density at radius 2 is 2.21 bits per heavy atom. The molecule has 1 aromatic rings. The Hall–Kier alpha value is -1.35. The molecular formula is C11H15NO2. The Kier molecular flexibility index (Phi) is 3.65. The number of nitrogens with two attached hydrogens (primary N) is 1. The zero-order valence-electron chi connectivity index (χ0n) is 8.54. The molecule has 1 rings (SSSR count). The molecule has 0 aliphatic rings. The molecule has 3 heteroatoms. The summed E-state index contributed by atoms with van der Waals surface area (Å²) < 4.78 is 5.15. The maximum absolute atomic E-state index is 11.1. The molecule has 0 saturated carbocycles. The van der Waals surface area contributed by atoms with Crippen molar-refractivity contribution in [3.8, 4) is 5.75 Å². The second-order valence-corrected chi connectivity index (χ2v) is 3.09. The molecule has 0 radical (unpaired) electrons. The monoisotopic (exact) mass is 193 g/mol. The number of carbonyl (C=O) groups is 1. The summed E-state index contributed by atoms with van der Waals surface area (Å²) in [5.74, 6) is 0.263. The Bertz CT molecular complexity index is 334. The minimum Gasteiger partial charge on any atom is -0.425 e. The lowest BCUT2D eigenvalue weighted by Gasteiger charge is -2.10. The first-order chi connectivity index (χ1) is 6.69. The fourth-order valence-electron chi connectivity index (χ4n) is 1.29. The molecule has 0 aliphatic carbocycles. The van der Waals surface area contributed by atoms with E-state index in [1.54, 1.807) is 0 Å². The summed E-state index contributed by atoms with van der Waals surface area (Å²) in [4.78, 5) is 11.1. The van der Waals surface area contributed by atoms with E-state index in [2.05, 4.69) is 0 Å². The molecule has 76 valence electrons. The van der Waals surface area contributed by atoms with Crippen molar-refractivity contribution in [3.05, 3.63) is 29.3 Å². The Balaban J connectivity index is 2.98. The van der Waals surface area contributed by atoms with E-state index in [4.69, 9.17) is 10.5 Å². The van der Waals surface area contributed by atoms with Gasteiger partial charge in [-0.3, -0.25) is 4.79 Å². The summed E-state index contributed by atoms with van der Waals surface area (Å²) in [5, 5.41) is 0. The second kappa shape index (κ2) is 4.77. The predicted octanol–water partition coefficient (Wildman–Crippen LogP) is 1.42. The van der Waals surface area contributed by atoms with Gasteiger partial charge in [0.15, 0.2) is 0 Å². The molecule has 0 spiro atoms. The van der Waals surface area contributed by atoms with Crippen LogP contribution in [0.5, 0.6) is 5.75 Å². The highest BCUT2D eigenvalue weighted by Gasteiger charge is 2.08. The molecule has 2 N–H and O–H groups in total. The van der Waals surface area contributed by atoms with Gasteiger partial charge in [-0.05, 0) is 24.5 Å². The zero-order chi connectivity index (χ0) is 10.6. The number of esters is 1. The van der Waals surface area contributed by atoms with Crippen LogP contribution in [0.4, 0.5) is 0 Å².